The van der Waals surface area contributed by atoms with Gasteiger partial charge in [0.2, 0.25) is 0 Å². The molecule has 0 spiro atoms. The van der Waals surface area contributed by atoms with Crippen molar-refractivity contribution in [2.75, 3.05) is 13.2 Å². The molecule has 3 N–H and O–H groups in total. The molecule has 0 aliphatic rings. The van der Waals surface area contributed by atoms with Gasteiger partial charge in [-0.2, -0.15) is 0 Å². The summed E-state index contributed by atoms with van der Waals surface area (Å²) in [5, 5.41) is 9.43. The highest BCUT2D eigenvalue weighted by Gasteiger charge is 2.24. The molecule has 1 unspecified atom stereocenters. The van der Waals surface area contributed by atoms with Gasteiger partial charge in [0.05, 0.1) is 12.7 Å². The smallest absolute Gasteiger partial charge is 0.122 e. The maximum absolute atomic E-state index is 9.43. The van der Waals surface area contributed by atoms with Gasteiger partial charge in [0.25, 0.3) is 0 Å². The molecule has 17 heavy (non-hydrogen) atoms. The highest BCUT2D eigenvalue weighted by Crippen LogP contribution is 2.27. The maximum atomic E-state index is 9.43. The van der Waals surface area contributed by atoms with Crippen LogP contribution in [0.25, 0.3) is 0 Å². The number of nitrogens with two attached hydrogens (primary N) is 1. The lowest BCUT2D eigenvalue weighted by Crippen LogP contribution is -2.35. The molecule has 1 aromatic carbocycles. The molecule has 0 aliphatic carbocycles. The van der Waals surface area contributed by atoms with Gasteiger partial charge in [-0.1, -0.05) is 19.1 Å². The summed E-state index contributed by atoms with van der Waals surface area (Å²) < 4.78 is 5.69. The number of aliphatic hydroxyl groups is 1. The van der Waals surface area contributed by atoms with E-state index in [1.54, 1.807) is 0 Å². The van der Waals surface area contributed by atoms with Crippen LogP contribution in [0.3, 0.4) is 0 Å². The summed E-state index contributed by atoms with van der Waals surface area (Å²) in [7, 11) is 0. The fraction of sp³-hybridized carbons (Fsp3) is 0.571. The third-order valence-electron chi connectivity index (χ3n) is 3.03. The Kier molecular flexibility index (Phi) is 4.54. The van der Waals surface area contributed by atoms with Crippen LogP contribution < -0.4 is 10.5 Å². The van der Waals surface area contributed by atoms with Crippen LogP contribution in [0.4, 0.5) is 0 Å². The molecule has 96 valence electrons. The lowest BCUT2D eigenvalue weighted by atomic mass is 9.83. The van der Waals surface area contributed by atoms with Crippen LogP contribution in [0, 0.1) is 6.92 Å². The predicted octanol–water partition coefficient (Wildman–Crippen LogP) is 1.99. The third kappa shape index (κ3) is 3.20. The van der Waals surface area contributed by atoms with Crippen LogP contribution in [0.5, 0.6) is 5.75 Å². The Balaban J connectivity index is 3.03. The second-order valence-electron chi connectivity index (χ2n) is 5.07. The molecule has 0 aliphatic heterocycles. The van der Waals surface area contributed by atoms with E-state index in [0.717, 1.165) is 16.9 Å². The van der Waals surface area contributed by atoms with Gasteiger partial charge in [-0.25, -0.2) is 0 Å². The van der Waals surface area contributed by atoms with Crippen LogP contribution in [0.15, 0.2) is 18.2 Å². The van der Waals surface area contributed by atoms with Crippen molar-refractivity contribution < 1.29 is 9.84 Å². The molecule has 0 fully saturated rings. The minimum Gasteiger partial charge on any atom is -0.491 e. The molecular weight excluding hydrogens is 214 g/mol. The maximum Gasteiger partial charge on any atom is 0.122 e. The van der Waals surface area contributed by atoms with Crippen molar-refractivity contribution in [3.8, 4) is 5.75 Å². The van der Waals surface area contributed by atoms with E-state index >= 15 is 0 Å². The van der Waals surface area contributed by atoms with E-state index in [-0.39, 0.29) is 18.1 Å². The van der Waals surface area contributed by atoms with E-state index in [0.29, 0.717) is 6.54 Å². The monoisotopic (exact) mass is 237 g/mol. The second-order valence-corrected chi connectivity index (χ2v) is 5.07. The first kappa shape index (κ1) is 14.0. The fourth-order valence-corrected chi connectivity index (χ4v) is 1.68. The Hall–Kier alpha value is -1.06. The highest BCUT2D eigenvalue weighted by atomic mass is 16.5. The van der Waals surface area contributed by atoms with Gasteiger partial charge in [0.1, 0.15) is 5.75 Å². The number of hydrogen-bond donors (Lipinski definition) is 2. The SMILES string of the molecule is Cc1cc(C(C)(CN)CO)ccc1OC(C)C. The largest absolute Gasteiger partial charge is 0.491 e. The van der Waals surface area contributed by atoms with E-state index in [4.69, 9.17) is 10.5 Å². The molecule has 3 heteroatoms. The quantitative estimate of drug-likeness (QED) is 0.823. The molecular formula is C14H23NO2. The van der Waals surface area contributed by atoms with Crippen molar-refractivity contribution in [2.24, 2.45) is 5.73 Å². The van der Waals surface area contributed by atoms with Crippen molar-refractivity contribution >= 4 is 0 Å². The van der Waals surface area contributed by atoms with Crippen molar-refractivity contribution in [1.82, 2.24) is 0 Å². The Morgan fingerprint density at radius 3 is 2.47 bits per heavy atom. The zero-order chi connectivity index (χ0) is 13.1. The Morgan fingerprint density at radius 1 is 1.41 bits per heavy atom. The number of rotatable bonds is 5. The van der Waals surface area contributed by atoms with Gasteiger partial charge in [-0.15, -0.1) is 0 Å². The summed E-state index contributed by atoms with van der Waals surface area (Å²) in [5.74, 6) is 0.890. The average molecular weight is 237 g/mol. The lowest BCUT2D eigenvalue weighted by molar-refractivity contribution is 0.209. The van der Waals surface area contributed by atoms with Crippen LogP contribution >= 0.6 is 0 Å². The summed E-state index contributed by atoms with van der Waals surface area (Å²) in [6.45, 7) is 8.46. The van der Waals surface area contributed by atoms with Gasteiger partial charge in [0.15, 0.2) is 0 Å². The molecule has 0 amide bonds. The van der Waals surface area contributed by atoms with E-state index in [1.807, 2.05) is 45.9 Å². The lowest BCUT2D eigenvalue weighted by Gasteiger charge is -2.27. The van der Waals surface area contributed by atoms with Crippen LogP contribution in [-0.2, 0) is 5.41 Å². The Labute approximate surface area is 104 Å². The Morgan fingerprint density at radius 2 is 2.06 bits per heavy atom. The first-order valence-electron chi connectivity index (χ1n) is 6.01. The Bertz CT molecular complexity index is 370. The molecule has 1 aromatic rings. The third-order valence-corrected chi connectivity index (χ3v) is 3.03. The zero-order valence-corrected chi connectivity index (χ0v) is 11.2. The van der Waals surface area contributed by atoms with Crippen molar-refractivity contribution in [1.29, 1.82) is 0 Å². The molecule has 0 radical (unpaired) electrons. The van der Waals surface area contributed by atoms with E-state index in [1.165, 1.54) is 0 Å². The van der Waals surface area contributed by atoms with Crippen LogP contribution in [0.2, 0.25) is 0 Å². The molecule has 0 aromatic heterocycles. The summed E-state index contributed by atoms with van der Waals surface area (Å²) >= 11 is 0. The number of aryl methyl sites for hydroxylation is 1. The first-order chi connectivity index (χ1) is 7.92. The zero-order valence-electron chi connectivity index (χ0n) is 11.2. The standard InChI is InChI=1S/C14H23NO2/c1-10(2)17-13-6-5-12(7-11(13)3)14(4,8-15)9-16/h5-7,10,16H,8-9,15H2,1-4H3. The summed E-state index contributed by atoms with van der Waals surface area (Å²) in [4.78, 5) is 0. The summed E-state index contributed by atoms with van der Waals surface area (Å²) in [6, 6.07) is 5.98. The molecule has 1 atom stereocenters. The average Bonchev–Trinajstić information content (AvgIpc) is 2.30. The van der Waals surface area contributed by atoms with Gasteiger partial charge >= 0.3 is 0 Å². The van der Waals surface area contributed by atoms with E-state index in [2.05, 4.69) is 0 Å². The second kappa shape index (κ2) is 5.52. The van der Waals surface area contributed by atoms with Gasteiger partial charge < -0.3 is 15.6 Å². The number of benzene rings is 1. The van der Waals surface area contributed by atoms with E-state index < -0.39 is 0 Å². The molecule has 0 saturated heterocycles. The number of hydrogen-bond acceptors (Lipinski definition) is 3. The van der Waals surface area contributed by atoms with Gasteiger partial charge in [-0.3, -0.25) is 0 Å². The minimum absolute atomic E-state index is 0.0489. The van der Waals surface area contributed by atoms with Crippen molar-refractivity contribution in [2.45, 2.75) is 39.2 Å². The predicted molar refractivity (Wildman–Crippen MR) is 70.4 cm³/mol. The molecule has 3 nitrogen and oxygen atoms in total. The normalized spacial score (nSPS) is 14.8. The van der Waals surface area contributed by atoms with Gasteiger partial charge in [-0.05, 0) is 38.0 Å². The molecule has 1 rings (SSSR count). The molecule has 0 saturated carbocycles. The topological polar surface area (TPSA) is 55.5 Å². The summed E-state index contributed by atoms with van der Waals surface area (Å²) in [5.41, 5.74) is 7.48. The number of ether oxygens (including phenoxy) is 1. The minimum atomic E-state index is -0.374. The van der Waals surface area contributed by atoms with Gasteiger partial charge in [0, 0.05) is 12.0 Å². The fourth-order valence-electron chi connectivity index (χ4n) is 1.68. The summed E-state index contributed by atoms with van der Waals surface area (Å²) in [6.07, 6.45) is 0.165. The first-order valence-corrected chi connectivity index (χ1v) is 6.01. The molecule has 0 bridgehead atoms. The highest BCUT2D eigenvalue weighted by molar-refractivity contribution is 5.39. The molecule has 0 heterocycles. The van der Waals surface area contributed by atoms with E-state index in [9.17, 15) is 5.11 Å². The number of aliphatic hydroxyl groups excluding tert-OH is 1. The van der Waals surface area contributed by atoms with Crippen LogP contribution in [0.1, 0.15) is 31.9 Å². The van der Waals surface area contributed by atoms with Crippen molar-refractivity contribution in [3.05, 3.63) is 29.3 Å². The van der Waals surface area contributed by atoms with Crippen LogP contribution in [-0.4, -0.2) is 24.4 Å². The van der Waals surface area contributed by atoms with Crippen molar-refractivity contribution in [3.63, 3.8) is 0 Å².